The SMILES string of the molecule is COC1=CC(=O)N(C2CC2)C1.NC1CC1. The molecule has 3 aliphatic rings. The molecular weight excluding hydrogens is 192 g/mol. The summed E-state index contributed by atoms with van der Waals surface area (Å²) in [6, 6.07) is 1.09. The van der Waals surface area contributed by atoms with Crippen LogP contribution >= 0.6 is 0 Å². The summed E-state index contributed by atoms with van der Waals surface area (Å²) in [4.78, 5) is 13.1. The quantitative estimate of drug-likeness (QED) is 0.727. The highest BCUT2D eigenvalue weighted by Gasteiger charge is 2.35. The number of rotatable bonds is 2. The van der Waals surface area contributed by atoms with Gasteiger partial charge in [-0.25, -0.2) is 0 Å². The van der Waals surface area contributed by atoms with Crippen LogP contribution in [-0.2, 0) is 9.53 Å². The van der Waals surface area contributed by atoms with E-state index in [1.54, 1.807) is 13.2 Å². The lowest BCUT2D eigenvalue weighted by Gasteiger charge is -2.14. The Kier molecular flexibility index (Phi) is 2.95. The molecule has 0 saturated heterocycles. The van der Waals surface area contributed by atoms with Gasteiger partial charge in [0.2, 0.25) is 0 Å². The van der Waals surface area contributed by atoms with Crippen LogP contribution in [0, 0.1) is 0 Å². The van der Waals surface area contributed by atoms with Gasteiger partial charge in [0.15, 0.2) is 0 Å². The first-order valence-electron chi connectivity index (χ1n) is 5.51. The maximum Gasteiger partial charge on any atom is 0.250 e. The molecule has 1 aliphatic heterocycles. The van der Waals surface area contributed by atoms with E-state index in [4.69, 9.17) is 10.5 Å². The third kappa shape index (κ3) is 2.96. The van der Waals surface area contributed by atoms with Crippen molar-refractivity contribution in [2.45, 2.75) is 37.8 Å². The van der Waals surface area contributed by atoms with Gasteiger partial charge < -0.3 is 15.4 Å². The van der Waals surface area contributed by atoms with Crippen LogP contribution in [0.1, 0.15) is 25.7 Å². The second kappa shape index (κ2) is 4.23. The van der Waals surface area contributed by atoms with Crippen molar-refractivity contribution in [2.75, 3.05) is 13.7 Å². The summed E-state index contributed by atoms with van der Waals surface area (Å²) in [5, 5.41) is 0. The molecule has 4 heteroatoms. The smallest absolute Gasteiger partial charge is 0.250 e. The minimum absolute atomic E-state index is 0.115. The van der Waals surface area contributed by atoms with Gasteiger partial charge in [-0.3, -0.25) is 4.79 Å². The fourth-order valence-corrected chi connectivity index (χ4v) is 1.43. The lowest BCUT2D eigenvalue weighted by molar-refractivity contribution is -0.125. The molecule has 15 heavy (non-hydrogen) atoms. The lowest BCUT2D eigenvalue weighted by atomic mass is 10.5. The molecule has 0 aromatic carbocycles. The van der Waals surface area contributed by atoms with Crippen molar-refractivity contribution < 1.29 is 9.53 Å². The highest BCUT2D eigenvalue weighted by atomic mass is 16.5. The van der Waals surface area contributed by atoms with E-state index >= 15 is 0 Å². The Labute approximate surface area is 90.1 Å². The Balaban J connectivity index is 0.000000179. The highest BCUT2D eigenvalue weighted by Crippen LogP contribution is 2.30. The fraction of sp³-hybridized carbons (Fsp3) is 0.727. The number of nitrogens with two attached hydrogens (primary N) is 1. The third-order valence-electron chi connectivity index (χ3n) is 2.77. The molecule has 0 radical (unpaired) electrons. The van der Waals surface area contributed by atoms with Crippen molar-refractivity contribution in [3.8, 4) is 0 Å². The van der Waals surface area contributed by atoms with Crippen molar-refractivity contribution in [2.24, 2.45) is 5.73 Å². The molecule has 0 aromatic heterocycles. The maximum absolute atomic E-state index is 11.2. The minimum atomic E-state index is 0.115. The van der Waals surface area contributed by atoms with Gasteiger partial charge >= 0.3 is 0 Å². The second-order valence-electron chi connectivity index (χ2n) is 4.35. The molecule has 1 heterocycles. The number of carbonyl (C=O) groups excluding carboxylic acids is 1. The summed E-state index contributed by atoms with van der Waals surface area (Å²) in [5.74, 6) is 0.909. The molecule has 1 amide bonds. The number of methoxy groups -OCH3 is 1. The van der Waals surface area contributed by atoms with Crippen LogP contribution in [0.2, 0.25) is 0 Å². The molecule has 2 N–H and O–H groups in total. The molecule has 3 rings (SSSR count). The molecule has 2 fully saturated rings. The predicted octanol–water partition coefficient (Wildman–Crippen LogP) is 0.629. The third-order valence-corrected chi connectivity index (χ3v) is 2.77. The van der Waals surface area contributed by atoms with Gasteiger partial charge in [0.1, 0.15) is 5.76 Å². The molecule has 4 nitrogen and oxygen atoms in total. The standard InChI is InChI=1S/C8H11NO2.C3H7N/c1-11-7-4-8(10)9(5-7)6-2-3-6;4-3-1-2-3/h4,6H,2-3,5H2,1H3;3H,1-2,4H2. The van der Waals surface area contributed by atoms with E-state index in [9.17, 15) is 4.79 Å². The van der Waals surface area contributed by atoms with Gasteiger partial charge in [-0.1, -0.05) is 0 Å². The topological polar surface area (TPSA) is 55.6 Å². The van der Waals surface area contributed by atoms with E-state index in [-0.39, 0.29) is 5.91 Å². The average Bonchev–Trinajstić information content (AvgIpc) is 3.12. The second-order valence-corrected chi connectivity index (χ2v) is 4.35. The number of amides is 1. The van der Waals surface area contributed by atoms with Crippen molar-refractivity contribution >= 4 is 5.91 Å². The van der Waals surface area contributed by atoms with Crippen LogP contribution in [0.25, 0.3) is 0 Å². The Hall–Kier alpha value is -1.03. The molecule has 2 saturated carbocycles. The first kappa shape index (κ1) is 10.5. The molecule has 2 aliphatic carbocycles. The average molecular weight is 210 g/mol. The van der Waals surface area contributed by atoms with Crippen molar-refractivity contribution in [1.29, 1.82) is 0 Å². The van der Waals surface area contributed by atoms with Crippen LogP contribution < -0.4 is 5.73 Å². The fourth-order valence-electron chi connectivity index (χ4n) is 1.43. The summed E-state index contributed by atoms with van der Waals surface area (Å²) >= 11 is 0. The van der Waals surface area contributed by atoms with Crippen molar-refractivity contribution in [3.05, 3.63) is 11.8 Å². The Morgan fingerprint density at radius 3 is 2.33 bits per heavy atom. The normalized spacial score (nSPS) is 24.5. The lowest BCUT2D eigenvalue weighted by Crippen LogP contribution is -2.28. The van der Waals surface area contributed by atoms with E-state index in [1.165, 1.54) is 12.8 Å². The summed E-state index contributed by atoms with van der Waals surface area (Å²) < 4.78 is 4.99. The largest absolute Gasteiger partial charge is 0.499 e. The molecule has 0 atom stereocenters. The Bertz CT molecular complexity index is 280. The van der Waals surface area contributed by atoms with E-state index in [0.29, 0.717) is 18.6 Å². The monoisotopic (exact) mass is 210 g/mol. The van der Waals surface area contributed by atoms with Crippen molar-refractivity contribution in [1.82, 2.24) is 4.90 Å². The summed E-state index contributed by atoms with van der Waals surface area (Å²) in [5.41, 5.74) is 5.22. The first-order chi connectivity index (χ1) is 7.20. The van der Waals surface area contributed by atoms with Gasteiger partial charge in [0.05, 0.1) is 13.7 Å². The molecule has 84 valence electrons. The predicted molar refractivity (Wildman–Crippen MR) is 57.0 cm³/mol. The van der Waals surface area contributed by atoms with E-state index in [2.05, 4.69) is 0 Å². The Morgan fingerprint density at radius 1 is 1.40 bits per heavy atom. The zero-order chi connectivity index (χ0) is 10.8. The highest BCUT2D eigenvalue weighted by molar-refractivity contribution is 5.91. The number of carbonyl (C=O) groups is 1. The van der Waals surface area contributed by atoms with Crippen LogP contribution in [0.4, 0.5) is 0 Å². The zero-order valence-electron chi connectivity index (χ0n) is 9.11. The minimum Gasteiger partial charge on any atom is -0.499 e. The van der Waals surface area contributed by atoms with Gasteiger partial charge in [0, 0.05) is 18.2 Å². The van der Waals surface area contributed by atoms with Gasteiger partial charge in [-0.05, 0) is 25.7 Å². The van der Waals surface area contributed by atoms with Crippen molar-refractivity contribution in [3.63, 3.8) is 0 Å². The number of hydrogen-bond acceptors (Lipinski definition) is 3. The maximum atomic E-state index is 11.2. The molecular formula is C11H18N2O2. The summed E-state index contributed by atoms with van der Waals surface area (Å²) in [7, 11) is 1.61. The van der Waals surface area contributed by atoms with Crippen LogP contribution in [0.15, 0.2) is 11.8 Å². The molecule has 0 bridgehead atoms. The number of hydrogen-bond donors (Lipinski definition) is 1. The van der Waals surface area contributed by atoms with E-state index in [1.807, 2.05) is 4.90 Å². The number of nitrogens with zero attached hydrogens (tertiary/aromatic N) is 1. The number of ether oxygens (including phenoxy) is 1. The molecule has 0 unspecified atom stereocenters. The van der Waals surface area contributed by atoms with Crippen LogP contribution in [0.5, 0.6) is 0 Å². The van der Waals surface area contributed by atoms with E-state index < -0.39 is 0 Å². The molecule has 0 aromatic rings. The summed E-state index contributed by atoms with van der Waals surface area (Å²) in [6.45, 7) is 0.681. The van der Waals surface area contributed by atoms with Crippen LogP contribution in [-0.4, -0.2) is 36.5 Å². The van der Waals surface area contributed by atoms with E-state index in [0.717, 1.165) is 18.6 Å². The summed E-state index contributed by atoms with van der Waals surface area (Å²) in [6.07, 6.45) is 6.44. The molecule has 0 spiro atoms. The Morgan fingerprint density at radius 2 is 2.00 bits per heavy atom. The van der Waals surface area contributed by atoms with Gasteiger partial charge in [-0.15, -0.1) is 0 Å². The first-order valence-corrected chi connectivity index (χ1v) is 5.51. The zero-order valence-corrected chi connectivity index (χ0v) is 9.11. The van der Waals surface area contributed by atoms with Crippen LogP contribution in [0.3, 0.4) is 0 Å². The van der Waals surface area contributed by atoms with Gasteiger partial charge in [0.25, 0.3) is 5.91 Å². The van der Waals surface area contributed by atoms with Gasteiger partial charge in [-0.2, -0.15) is 0 Å².